The van der Waals surface area contributed by atoms with Gasteiger partial charge < -0.3 is 9.47 Å². The maximum atomic E-state index is 11.5. The topological polar surface area (TPSA) is 35.5 Å². The van der Waals surface area contributed by atoms with Crippen molar-refractivity contribution in [3.05, 3.63) is 21.7 Å². The molecule has 0 atom stereocenters. The highest BCUT2D eigenvalue weighted by molar-refractivity contribution is 9.10. The van der Waals surface area contributed by atoms with Crippen LogP contribution in [0.1, 0.15) is 22.8 Å². The van der Waals surface area contributed by atoms with Gasteiger partial charge in [0.2, 0.25) is 0 Å². The summed E-state index contributed by atoms with van der Waals surface area (Å²) >= 11 is 3.38. The summed E-state index contributed by atoms with van der Waals surface area (Å²) in [6.45, 7) is 3.37. The van der Waals surface area contributed by atoms with Crippen molar-refractivity contribution in [2.75, 3.05) is 14.2 Å². The van der Waals surface area contributed by atoms with E-state index in [1.807, 2.05) is 6.92 Å². The smallest absolute Gasteiger partial charge is 0.171 e. The Hall–Kier alpha value is -1.03. The fraction of sp³-hybridized carbons (Fsp3) is 0.364. The molecule has 0 aromatic heterocycles. The van der Waals surface area contributed by atoms with Gasteiger partial charge in [0.1, 0.15) is 0 Å². The van der Waals surface area contributed by atoms with E-state index in [2.05, 4.69) is 15.9 Å². The number of Topliss-reactive ketones (excluding diaryl/α,β-unsaturated/α-hetero) is 1. The molecular weight excluding hydrogens is 260 g/mol. The van der Waals surface area contributed by atoms with Crippen LogP contribution in [0.3, 0.4) is 0 Å². The zero-order valence-electron chi connectivity index (χ0n) is 9.18. The molecule has 82 valence electrons. The van der Waals surface area contributed by atoms with Crippen LogP contribution >= 0.6 is 15.9 Å². The van der Waals surface area contributed by atoms with Crippen LogP contribution in [-0.2, 0) is 0 Å². The molecule has 0 amide bonds. The standard InChI is InChI=1S/C11H13BrO3/c1-6-8(12)5-9(14-3)11(15-4)10(6)7(2)13/h5H,1-4H3. The van der Waals surface area contributed by atoms with E-state index in [1.165, 1.54) is 14.0 Å². The molecule has 1 aromatic rings. The molecule has 0 N–H and O–H groups in total. The predicted octanol–water partition coefficient (Wildman–Crippen LogP) is 2.98. The number of halogens is 1. The second kappa shape index (κ2) is 4.66. The average molecular weight is 273 g/mol. The van der Waals surface area contributed by atoms with Gasteiger partial charge in [0, 0.05) is 4.47 Å². The maximum Gasteiger partial charge on any atom is 0.171 e. The normalized spacial score (nSPS) is 9.93. The van der Waals surface area contributed by atoms with E-state index < -0.39 is 0 Å². The van der Waals surface area contributed by atoms with Crippen LogP contribution < -0.4 is 9.47 Å². The summed E-state index contributed by atoms with van der Waals surface area (Å²) in [7, 11) is 3.07. The molecule has 1 rings (SSSR count). The van der Waals surface area contributed by atoms with Crippen LogP contribution in [0, 0.1) is 6.92 Å². The second-order valence-electron chi connectivity index (χ2n) is 3.15. The van der Waals surface area contributed by atoms with Gasteiger partial charge in [-0.3, -0.25) is 4.79 Å². The van der Waals surface area contributed by atoms with Crippen molar-refractivity contribution >= 4 is 21.7 Å². The number of carbonyl (C=O) groups excluding carboxylic acids is 1. The van der Waals surface area contributed by atoms with Crippen molar-refractivity contribution in [3.63, 3.8) is 0 Å². The molecule has 1 aromatic carbocycles. The van der Waals surface area contributed by atoms with Crippen LogP contribution in [0.5, 0.6) is 11.5 Å². The maximum absolute atomic E-state index is 11.5. The van der Waals surface area contributed by atoms with Crippen molar-refractivity contribution in [1.29, 1.82) is 0 Å². The molecule has 0 unspecified atom stereocenters. The minimum Gasteiger partial charge on any atom is -0.493 e. The lowest BCUT2D eigenvalue weighted by molar-refractivity contribution is 0.101. The Morgan fingerprint density at radius 3 is 2.33 bits per heavy atom. The number of hydrogen-bond donors (Lipinski definition) is 0. The van der Waals surface area contributed by atoms with E-state index >= 15 is 0 Å². The van der Waals surface area contributed by atoms with E-state index in [9.17, 15) is 4.79 Å². The van der Waals surface area contributed by atoms with Gasteiger partial charge >= 0.3 is 0 Å². The zero-order chi connectivity index (χ0) is 11.6. The average Bonchev–Trinajstić information content (AvgIpc) is 2.20. The van der Waals surface area contributed by atoms with Crippen molar-refractivity contribution in [3.8, 4) is 11.5 Å². The van der Waals surface area contributed by atoms with Crippen molar-refractivity contribution in [2.24, 2.45) is 0 Å². The number of benzene rings is 1. The molecule has 0 aliphatic carbocycles. The molecule has 0 heterocycles. The summed E-state index contributed by atoms with van der Waals surface area (Å²) in [6.07, 6.45) is 0. The van der Waals surface area contributed by atoms with Gasteiger partial charge in [-0.15, -0.1) is 0 Å². The third kappa shape index (κ3) is 2.15. The van der Waals surface area contributed by atoms with E-state index in [4.69, 9.17) is 9.47 Å². The Balaban J connectivity index is 3.56. The zero-order valence-corrected chi connectivity index (χ0v) is 10.8. The largest absolute Gasteiger partial charge is 0.493 e. The summed E-state index contributed by atoms with van der Waals surface area (Å²) in [4.78, 5) is 11.5. The highest BCUT2D eigenvalue weighted by atomic mass is 79.9. The minimum absolute atomic E-state index is 0.0380. The molecule has 0 saturated carbocycles. The van der Waals surface area contributed by atoms with Gasteiger partial charge in [-0.25, -0.2) is 0 Å². The van der Waals surface area contributed by atoms with Gasteiger partial charge in [0.25, 0.3) is 0 Å². The highest BCUT2D eigenvalue weighted by Crippen LogP contribution is 2.37. The Kier molecular flexibility index (Phi) is 3.74. The van der Waals surface area contributed by atoms with Gasteiger partial charge in [-0.2, -0.15) is 0 Å². The summed E-state index contributed by atoms with van der Waals surface area (Å²) in [5, 5.41) is 0. The van der Waals surface area contributed by atoms with Gasteiger partial charge in [-0.05, 0) is 25.5 Å². The van der Waals surface area contributed by atoms with E-state index in [-0.39, 0.29) is 5.78 Å². The third-order valence-electron chi connectivity index (χ3n) is 2.22. The van der Waals surface area contributed by atoms with E-state index in [0.717, 1.165) is 10.0 Å². The lowest BCUT2D eigenvalue weighted by Gasteiger charge is -2.14. The Morgan fingerprint density at radius 2 is 1.93 bits per heavy atom. The number of carbonyl (C=O) groups is 1. The lowest BCUT2D eigenvalue weighted by atomic mass is 10.0. The molecule has 0 aliphatic heterocycles. The number of methoxy groups -OCH3 is 2. The number of rotatable bonds is 3. The van der Waals surface area contributed by atoms with Crippen molar-refractivity contribution in [1.82, 2.24) is 0 Å². The van der Waals surface area contributed by atoms with Crippen LogP contribution in [0.2, 0.25) is 0 Å². The Bertz CT molecular complexity index is 399. The first-order valence-electron chi connectivity index (χ1n) is 4.45. The molecule has 0 spiro atoms. The first kappa shape index (κ1) is 12.0. The summed E-state index contributed by atoms with van der Waals surface area (Å²) in [6, 6.07) is 1.79. The van der Waals surface area contributed by atoms with Gasteiger partial charge in [-0.1, -0.05) is 15.9 Å². The van der Waals surface area contributed by atoms with Crippen LogP contribution in [0.4, 0.5) is 0 Å². The summed E-state index contributed by atoms with van der Waals surface area (Å²) in [5.74, 6) is 1.01. The highest BCUT2D eigenvalue weighted by Gasteiger charge is 2.18. The summed E-state index contributed by atoms with van der Waals surface area (Å²) < 4.78 is 11.2. The Morgan fingerprint density at radius 1 is 1.33 bits per heavy atom. The summed E-state index contributed by atoms with van der Waals surface area (Å²) in [5.41, 5.74) is 1.42. The molecule has 3 nitrogen and oxygen atoms in total. The molecular formula is C11H13BrO3. The first-order valence-corrected chi connectivity index (χ1v) is 5.24. The molecule has 0 radical (unpaired) electrons. The van der Waals surface area contributed by atoms with Gasteiger partial charge in [0.15, 0.2) is 17.3 Å². The molecule has 4 heteroatoms. The number of hydrogen-bond acceptors (Lipinski definition) is 3. The SMILES string of the molecule is COc1cc(Br)c(C)c(C(C)=O)c1OC. The lowest BCUT2D eigenvalue weighted by Crippen LogP contribution is -2.03. The second-order valence-corrected chi connectivity index (χ2v) is 4.00. The van der Waals surface area contributed by atoms with Crippen molar-refractivity contribution in [2.45, 2.75) is 13.8 Å². The van der Waals surface area contributed by atoms with Crippen LogP contribution in [-0.4, -0.2) is 20.0 Å². The van der Waals surface area contributed by atoms with Gasteiger partial charge in [0.05, 0.1) is 19.8 Å². The monoisotopic (exact) mass is 272 g/mol. The molecule has 0 bridgehead atoms. The molecule has 0 fully saturated rings. The van der Waals surface area contributed by atoms with Crippen LogP contribution in [0.25, 0.3) is 0 Å². The molecule has 15 heavy (non-hydrogen) atoms. The fourth-order valence-electron chi connectivity index (χ4n) is 1.48. The molecule has 0 aliphatic rings. The third-order valence-corrected chi connectivity index (χ3v) is 3.04. The fourth-order valence-corrected chi connectivity index (χ4v) is 1.89. The number of ketones is 1. The minimum atomic E-state index is -0.0380. The van der Waals surface area contributed by atoms with Crippen LogP contribution in [0.15, 0.2) is 10.5 Å². The van der Waals surface area contributed by atoms with Crippen molar-refractivity contribution < 1.29 is 14.3 Å². The van der Waals surface area contributed by atoms with E-state index in [1.54, 1.807) is 13.2 Å². The first-order chi connectivity index (χ1) is 7.02. The molecule has 0 saturated heterocycles. The predicted molar refractivity (Wildman–Crippen MR) is 62.0 cm³/mol. The number of ether oxygens (including phenoxy) is 2. The Labute approximate surface area is 97.5 Å². The quantitative estimate of drug-likeness (QED) is 0.794. The van der Waals surface area contributed by atoms with E-state index in [0.29, 0.717) is 17.1 Å².